The molecule has 1 saturated heterocycles. The maximum absolute atomic E-state index is 12.9. The van der Waals surface area contributed by atoms with E-state index < -0.39 is 42.7 Å². The molecule has 1 fully saturated rings. The second-order valence-electron chi connectivity index (χ2n) is 8.25. The highest BCUT2D eigenvalue weighted by Crippen LogP contribution is 2.28. The Morgan fingerprint density at radius 2 is 1.88 bits per heavy atom. The first-order valence-electron chi connectivity index (χ1n) is 11.8. The molecule has 10 heteroatoms. The summed E-state index contributed by atoms with van der Waals surface area (Å²) in [5.74, 6) is -2.15. The van der Waals surface area contributed by atoms with E-state index in [9.17, 15) is 23.1 Å². The zero-order valence-electron chi connectivity index (χ0n) is 19.9. The van der Waals surface area contributed by atoms with Crippen LogP contribution < -0.4 is 5.32 Å². The third kappa shape index (κ3) is 10.3. The van der Waals surface area contributed by atoms with Crippen LogP contribution in [0.1, 0.15) is 65.2 Å². The Balaban J connectivity index is 2.83. The van der Waals surface area contributed by atoms with Gasteiger partial charge in [-0.25, -0.2) is 0 Å². The zero-order chi connectivity index (χ0) is 24.9. The summed E-state index contributed by atoms with van der Waals surface area (Å²) in [5, 5.41) is 12.6. The number of unbranched alkanes of at least 4 members (excludes halogenated alkanes) is 4. The highest BCUT2D eigenvalue weighted by Gasteiger charge is 2.49. The molecule has 0 radical (unpaired) electrons. The lowest BCUT2D eigenvalue weighted by molar-refractivity contribution is -0.271. The van der Waals surface area contributed by atoms with Crippen molar-refractivity contribution in [3.63, 3.8) is 0 Å². The molecular formula is C23H40F3NO6. The fourth-order valence-corrected chi connectivity index (χ4v) is 3.84. The average molecular weight is 484 g/mol. The third-order valence-electron chi connectivity index (χ3n) is 5.72. The predicted molar refractivity (Wildman–Crippen MR) is 118 cm³/mol. The van der Waals surface area contributed by atoms with E-state index in [1.807, 2.05) is 5.32 Å². The number of rotatable bonds is 16. The van der Waals surface area contributed by atoms with Crippen LogP contribution in [0.4, 0.5) is 13.2 Å². The van der Waals surface area contributed by atoms with E-state index in [4.69, 9.17) is 18.9 Å². The van der Waals surface area contributed by atoms with E-state index in [0.29, 0.717) is 12.8 Å². The molecule has 0 aromatic rings. The molecule has 1 aliphatic heterocycles. The van der Waals surface area contributed by atoms with Crippen molar-refractivity contribution in [3.05, 3.63) is 12.7 Å². The smallest absolute Gasteiger partial charge is 0.388 e. The van der Waals surface area contributed by atoms with Crippen LogP contribution in [0.5, 0.6) is 0 Å². The first kappa shape index (κ1) is 29.8. The molecule has 1 rings (SSSR count). The van der Waals surface area contributed by atoms with Gasteiger partial charge in [0.25, 0.3) is 0 Å². The van der Waals surface area contributed by atoms with Crippen LogP contribution in [0.15, 0.2) is 12.7 Å². The fourth-order valence-electron chi connectivity index (χ4n) is 3.84. The van der Waals surface area contributed by atoms with E-state index in [0.717, 1.165) is 25.7 Å². The van der Waals surface area contributed by atoms with Crippen LogP contribution in [0.25, 0.3) is 0 Å². The number of carbonyl (C=O) groups excluding carboxylic acids is 1. The summed E-state index contributed by atoms with van der Waals surface area (Å²) in [4.78, 5) is 11.7. The van der Waals surface area contributed by atoms with Crippen molar-refractivity contribution in [1.82, 2.24) is 5.32 Å². The molecule has 2 N–H and O–H groups in total. The van der Waals surface area contributed by atoms with Gasteiger partial charge in [0.05, 0.1) is 18.8 Å². The molecule has 1 aliphatic rings. The van der Waals surface area contributed by atoms with Gasteiger partial charge in [0.2, 0.25) is 0 Å². The molecule has 0 aliphatic carbocycles. The van der Waals surface area contributed by atoms with Gasteiger partial charge in [-0.2, -0.15) is 13.2 Å². The summed E-state index contributed by atoms with van der Waals surface area (Å²) < 4.78 is 61.2. The third-order valence-corrected chi connectivity index (χ3v) is 5.72. The minimum Gasteiger partial charge on any atom is -0.388 e. The number of methoxy groups -OCH3 is 1. The van der Waals surface area contributed by atoms with E-state index in [1.54, 1.807) is 14.0 Å². The minimum atomic E-state index is -5.10. The SMILES string of the molecule is C=CCOC1OC(CC)C(O)C(OCCC(CCCCCCC)OC)C1NC(=O)C(F)(F)F. The number of nitrogens with one attached hydrogen (secondary N) is 1. The Morgan fingerprint density at radius 3 is 2.45 bits per heavy atom. The Morgan fingerprint density at radius 1 is 1.18 bits per heavy atom. The monoisotopic (exact) mass is 483 g/mol. The largest absolute Gasteiger partial charge is 0.471 e. The van der Waals surface area contributed by atoms with Crippen LogP contribution in [0.3, 0.4) is 0 Å². The van der Waals surface area contributed by atoms with Crippen molar-refractivity contribution in [1.29, 1.82) is 0 Å². The van der Waals surface area contributed by atoms with E-state index in [1.165, 1.54) is 18.9 Å². The van der Waals surface area contributed by atoms with Gasteiger partial charge in [-0.1, -0.05) is 52.0 Å². The van der Waals surface area contributed by atoms with Crippen LogP contribution >= 0.6 is 0 Å². The first-order valence-corrected chi connectivity index (χ1v) is 11.8. The summed E-state index contributed by atoms with van der Waals surface area (Å²) in [6.45, 7) is 7.57. The van der Waals surface area contributed by atoms with Gasteiger partial charge in [0, 0.05) is 13.7 Å². The Kier molecular flexibility index (Phi) is 14.2. The Bertz CT molecular complexity index is 563. The molecule has 0 spiro atoms. The van der Waals surface area contributed by atoms with Gasteiger partial charge in [0.1, 0.15) is 18.2 Å². The molecule has 194 valence electrons. The lowest BCUT2D eigenvalue weighted by Gasteiger charge is -2.44. The highest BCUT2D eigenvalue weighted by atomic mass is 19.4. The van der Waals surface area contributed by atoms with Gasteiger partial charge >= 0.3 is 12.1 Å². The molecule has 7 nitrogen and oxygen atoms in total. The van der Waals surface area contributed by atoms with E-state index in [2.05, 4.69) is 13.5 Å². The number of halogens is 3. The topological polar surface area (TPSA) is 86.2 Å². The van der Waals surface area contributed by atoms with Crippen LogP contribution in [0.2, 0.25) is 0 Å². The number of ether oxygens (including phenoxy) is 4. The van der Waals surface area contributed by atoms with Gasteiger partial charge in [-0.3, -0.25) is 4.79 Å². The molecular weight excluding hydrogens is 443 g/mol. The summed E-state index contributed by atoms with van der Waals surface area (Å²) in [6.07, 6.45) is -0.714. The summed E-state index contributed by atoms with van der Waals surface area (Å²) in [6, 6.07) is -1.35. The maximum Gasteiger partial charge on any atom is 0.471 e. The molecule has 1 amide bonds. The van der Waals surface area contributed by atoms with Crippen molar-refractivity contribution >= 4 is 5.91 Å². The normalized spacial score (nSPS) is 26.7. The first-order chi connectivity index (χ1) is 15.7. The average Bonchev–Trinajstić information content (AvgIpc) is 2.78. The van der Waals surface area contributed by atoms with Crippen molar-refractivity contribution < 1.29 is 42.0 Å². The summed E-state index contributed by atoms with van der Waals surface area (Å²) in [7, 11) is 1.61. The van der Waals surface area contributed by atoms with Crippen LogP contribution in [-0.4, -0.2) is 74.3 Å². The minimum absolute atomic E-state index is 0.00785. The number of aliphatic hydroxyl groups is 1. The summed E-state index contributed by atoms with van der Waals surface area (Å²) >= 11 is 0. The van der Waals surface area contributed by atoms with Crippen LogP contribution in [-0.2, 0) is 23.7 Å². The lowest BCUT2D eigenvalue weighted by atomic mass is 9.94. The number of alkyl halides is 3. The van der Waals surface area contributed by atoms with Gasteiger partial charge in [-0.05, 0) is 19.3 Å². The number of hydrogen-bond donors (Lipinski definition) is 2. The molecule has 0 aromatic heterocycles. The molecule has 0 aromatic carbocycles. The maximum atomic E-state index is 12.9. The summed E-state index contributed by atoms with van der Waals surface area (Å²) in [5.41, 5.74) is 0. The molecule has 0 bridgehead atoms. The number of hydrogen-bond acceptors (Lipinski definition) is 6. The van der Waals surface area contributed by atoms with Crippen molar-refractivity contribution in [3.8, 4) is 0 Å². The van der Waals surface area contributed by atoms with Crippen molar-refractivity contribution in [2.24, 2.45) is 0 Å². The van der Waals surface area contributed by atoms with Gasteiger partial charge in [-0.15, -0.1) is 6.58 Å². The number of aliphatic hydroxyl groups excluding tert-OH is 1. The number of carbonyl (C=O) groups is 1. The highest BCUT2D eigenvalue weighted by molar-refractivity contribution is 5.82. The molecule has 6 atom stereocenters. The van der Waals surface area contributed by atoms with Gasteiger partial charge < -0.3 is 29.4 Å². The fraction of sp³-hybridized carbons (Fsp3) is 0.870. The Labute approximate surface area is 195 Å². The van der Waals surface area contributed by atoms with E-state index >= 15 is 0 Å². The molecule has 1 heterocycles. The lowest BCUT2D eigenvalue weighted by Crippen LogP contribution is -2.66. The second kappa shape index (κ2) is 15.7. The van der Waals surface area contributed by atoms with Crippen LogP contribution in [0, 0.1) is 0 Å². The van der Waals surface area contributed by atoms with Crippen molar-refractivity contribution in [2.75, 3.05) is 20.3 Å². The molecule has 33 heavy (non-hydrogen) atoms. The standard InChI is InChI=1S/C23H40F3NO6/c1-5-8-9-10-11-12-16(30-4)13-15-31-20-18(27-22(29)23(24,25)26)21(32-14-6-2)33-17(7-3)19(20)28/h6,16-21,28H,2,5,7-15H2,1,3-4H3,(H,27,29). The van der Waals surface area contributed by atoms with Gasteiger partial charge in [0.15, 0.2) is 6.29 Å². The molecule has 0 saturated carbocycles. The van der Waals surface area contributed by atoms with E-state index in [-0.39, 0.29) is 19.3 Å². The molecule has 6 unspecified atom stereocenters. The Hall–Kier alpha value is -1.20. The van der Waals surface area contributed by atoms with Crippen molar-refractivity contribution in [2.45, 2.75) is 108 Å². The predicted octanol–water partition coefficient (Wildman–Crippen LogP) is 3.88. The quantitative estimate of drug-likeness (QED) is 0.256. The zero-order valence-corrected chi connectivity index (χ0v) is 19.9. The number of amides is 1. The second-order valence-corrected chi connectivity index (χ2v) is 8.25.